The number of hydrogen-bond donors (Lipinski definition) is 3. The van der Waals surface area contributed by atoms with Crippen LogP contribution in [0.1, 0.15) is 39.0 Å². The second-order valence-electron chi connectivity index (χ2n) is 3.54. The lowest BCUT2D eigenvalue weighted by molar-refractivity contribution is -0.138. The molecule has 0 unspecified atom stereocenters. The molecule has 0 radical (unpaired) electrons. The van der Waals surface area contributed by atoms with Crippen LogP contribution in [0.15, 0.2) is 0 Å². The molecule has 0 rings (SSSR count). The number of carbonyl (C=O) groups is 1. The van der Waals surface area contributed by atoms with Crippen molar-refractivity contribution in [2.45, 2.75) is 45.1 Å². The maximum atomic E-state index is 10.4. The Balaban J connectivity index is 3.09. The van der Waals surface area contributed by atoms with Gasteiger partial charge in [-0.1, -0.05) is 19.8 Å². The lowest BCUT2D eigenvalue weighted by Gasteiger charge is -2.06. The molecular formula is C10H22N2O2. The normalized spacial score (nSPS) is 12.7. The summed E-state index contributed by atoms with van der Waals surface area (Å²) in [5.74, 6) is -0.899. The summed E-state index contributed by atoms with van der Waals surface area (Å²) in [7, 11) is 0. The van der Waals surface area contributed by atoms with Gasteiger partial charge in [-0.3, -0.25) is 4.79 Å². The van der Waals surface area contributed by atoms with Gasteiger partial charge in [0.25, 0.3) is 0 Å². The average molecular weight is 202 g/mol. The Bertz CT molecular complexity index is 151. The minimum atomic E-state index is -0.899. The lowest BCUT2D eigenvalue weighted by Crippen LogP contribution is -2.30. The van der Waals surface area contributed by atoms with Crippen molar-refractivity contribution in [1.29, 1.82) is 0 Å². The summed E-state index contributed by atoms with van der Waals surface area (Å²) in [6.45, 7) is 4.18. The minimum absolute atomic E-state index is 0.574. The zero-order chi connectivity index (χ0) is 10.8. The van der Waals surface area contributed by atoms with E-state index >= 15 is 0 Å². The Hall–Kier alpha value is -0.610. The van der Waals surface area contributed by atoms with Gasteiger partial charge in [-0.15, -0.1) is 0 Å². The molecule has 84 valence electrons. The molecule has 0 aromatic rings. The van der Waals surface area contributed by atoms with E-state index in [1.54, 1.807) is 0 Å². The average Bonchev–Trinajstić information content (AvgIpc) is 2.16. The van der Waals surface area contributed by atoms with Crippen LogP contribution in [-0.2, 0) is 4.79 Å². The summed E-state index contributed by atoms with van der Waals surface area (Å²) in [5.41, 5.74) is 5.36. The first kappa shape index (κ1) is 13.4. The zero-order valence-corrected chi connectivity index (χ0v) is 8.96. The van der Waals surface area contributed by atoms with Crippen LogP contribution in [0.3, 0.4) is 0 Å². The highest BCUT2D eigenvalue weighted by atomic mass is 16.4. The molecule has 0 saturated heterocycles. The van der Waals surface area contributed by atoms with Crippen molar-refractivity contribution < 1.29 is 9.90 Å². The molecule has 0 saturated carbocycles. The minimum Gasteiger partial charge on any atom is -0.480 e. The van der Waals surface area contributed by atoms with Gasteiger partial charge >= 0.3 is 5.97 Å². The molecule has 4 heteroatoms. The fourth-order valence-corrected chi connectivity index (χ4v) is 1.16. The lowest BCUT2D eigenvalue weighted by atomic mass is 10.1. The molecule has 0 aliphatic carbocycles. The molecule has 4 nitrogen and oxygen atoms in total. The number of rotatable bonds is 9. The largest absolute Gasteiger partial charge is 0.480 e. The molecule has 0 aromatic heterocycles. The summed E-state index contributed by atoms with van der Waals surface area (Å²) in [5, 5.41) is 11.8. The quantitative estimate of drug-likeness (QED) is 0.487. The molecule has 0 heterocycles. The summed E-state index contributed by atoms with van der Waals surface area (Å²) < 4.78 is 0. The number of carboxylic acid groups (broad SMARTS) is 1. The van der Waals surface area contributed by atoms with Crippen molar-refractivity contribution in [2.24, 2.45) is 5.73 Å². The number of nitrogens with two attached hydrogens (primary N) is 1. The first-order valence-electron chi connectivity index (χ1n) is 5.37. The highest BCUT2D eigenvalue weighted by Gasteiger charge is 2.09. The van der Waals surface area contributed by atoms with E-state index in [1.165, 1.54) is 12.8 Å². The van der Waals surface area contributed by atoms with Crippen molar-refractivity contribution in [1.82, 2.24) is 5.32 Å². The number of aliphatic carboxylic acids is 1. The van der Waals surface area contributed by atoms with E-state index in [1.807, 2.05) is 0 Å². The van der Waals surface area contributed by atoms with Gasteiger partial charge < -0.3 is 16.2 Å². The molecule has 0 aliphatic rings. The van der Waals surface area contributed by atoms with Crippen LogP contribution in [0.4, 0.5) is 0 Å². The van der Waals surface area contributed by atoms with Crippen molar-refractivity contribution >= 4 is 5.97 Å². The van der Waals surface area contributed by atoms with E-state index in [4.69, 9.17) is 10.8 Å². The van der Waals surface area contributed by atoms with Gasteiger partial charge in [-0.05, 0) is 32.4 Å². The predicted molar refractivity (Wildman–Crippen MR) is 57.2 cm³/mol. The molecule has 0 bridgehead atoms. The Morgan fingerprint density at radius 3 is 2.57 bits per heavy atom. The Labute approximate surface area is 85.9 Å². The van der Waals surface area contributed by atoms with Crippen molar-refractivity contribution in [3.63, 3.8) is 0 Å². The summed E-state index contributed by atoms with van der Waals surface area (Å²) in [4.78, 5) is 10.4. The Morgan fingerprint density at radius 2 is 2.00 bits per heavy atom. The second-order valence-corrected chi connectivity index (χ2v) is 3.54. The van der Waals surface area contributed by atoms with E-state index < -0.39 is 12.0 Å². The molecule has 0 amide bonds. The molecule has 0 aliphatic heterocycles. The van der Waals surface area contributed by atoms with Crippen LogP contribution in [0.5, 0.6) is 0 Å². The number of hydrogen-bond acceptors (Lipinski definition) is 3. The van der Waals surface area contributed by atoms with Gasteiger partial charge in [0.2, 0.25) is 0 Å². The molecule has 0 spiro atoms. The standard InChI is InChI=1S/C10H22N2O2/c1-2-3-7-12-8-5-4-6-9(11)10(13)14/h9,12H,2-8,11H2,1H3,(H,13,14)/t9-/m1/s1. The van der Waals surface area contributed by atoms with Crippen LogP contribution in [0, 0.1) is 0 Å². The smallest absolute Gasteiger partial charge is 0.320 e. The van der Waals surface area contributed by atoms with Crippen LogP contribution in [0.2, 0.25) is 0 Å². The van der Waals surface area contributed by atoms with E-state index in [0.717, 1.165) is 25.9 Å². The fraction of sp³-hybridized carbons (Fsp3) is 0.900. The van der Waals surface area contributed by atoms with Crippen molar-refractivity contribution in [2.75, 3.05) is 13.1 Å². The summed E-state index contributed by atoms with van der Waals surface area (Å²) in [6.07, 6.45) is 4.87. The highest BCUT2D eigenvalue weighted by molar-refractivity contribution is 5.72. The molecular weight excluding hydrogens is 180 g/mol. The van der Waals surface area contributed by atoms with Crippen molar-refractivity contribution in [3.8, 4) is 0 Å². The molecule has 14 heavy (non-hydrogen) atoms. The monoisotopic (exact) mass is 202 g/mol. The highest BCUT2D eigenvalue weighted by Crippen LogP contribution is 1.98. The van der Waals surface area contributed by atoms with Crippen LogP contribution >= 0.6 is 0 Å². The molecule has 0 fully saturated rings. The van der Waals surface area contributed by atoms with Gasteiger partial charge in [-0.2, -0.15) is 0 Å². The van der Waals surface area contributed by atoms with Crippen LogP contribution in [0.25, 0.3) is 0 Å². The van der Waals surface area contributed by atoms with Crippen LogP contribution in [-0.4, -0.2) is 30.2 Å². The van der Waals surface area contributed by atoms with E-state index in [0.29, 0.717) is 6.42 Å². The van der Waals surface area contributed by atoms with Gasteiger partial charge in [0.05, 0.1) is 0 Å². The van der Waals surface area contributed by atoms with Gasteiger partial charge in [0, 0.05) is 0 Å². The van der Waals surface area contributed by atoms with E-state index in [2.05, 4.69) is 12.2 Å². The van der Waals surface area contributed by atoms with Gasteiger partial charge in [0.1, 0.15) is 6.04 Å². The predicted octanol–water partition coefficient (Wildman–Crippen LogP) is 0.958. The van der Waals surface area contributed by atoms with Crippen molar-refractivity contribution in [3.05, 3.63) is 0 Å². The number of nitrogens with one attached hydrogen (secondary N) is 1. The molecule has 1 atom stereocenters. The van der Waals surface area contributed by atoms with E-state index in [9.17, 15) is 4.79 Å². The maximum absolute atomic E-state index is 10.4. The van der Waals surface area contributed by atoms with E-state index in [-0.39, 0.29) is 0 Å². The van der Waals surface area contributed by atoms with Gasteiger partial charge in [-0.25, -0.2) is 0 Å². The first-order valence-corrected chi connectivity index (χ1v) is 5.37. The second kappa shape index (κ2) is 8.97. The summed E-state index contributed by atoms with van der Waals surface area (Å²) in [6, 6.07) is -0.689. The summed E-state index contributed by atoms with van der Waals surface area (Å²) >= 11 is 0. The first-order chi connectivity index (χ1) is 6.68. The van der Waals surface area contributed by atoms with Gasteiger partial charge in [0.15, 0.2) is 0 Å². The zero-order valence-electron chi connectivity index (χ0n) is 8.96. The fourth-order valence-electron chi connectivity index (χ4n) is 1.16. The number of unbranched alkanes of at least 4 members (excludes halogenated alkanes) is 2. The topological polar surface area (TPSA) is 75.3 Å². The maximum Gasteiger partial charge on any atom is 0.320 e. The molecule has 0 aromatic carbocycles. The third-order valence-electron chi connectivity index (χ3n) is 2.14. The Morgan fingerprint density at radius 1 is 1.36 bits per heavy atom. The third-order valence-corrected chi connectivity index (χ3v) is 2.14. The van der Waals surface area contributed by atoms with Crippen LogP contribution < -0.4 is 11.1 Å². The third kappa shape index (κ3) is 8.01. The SMILES string of the molecule is CCCCNCCCC[C@@H](N)C(=O)O. The molecule has 4 N–H and O–H groups in total. The Kier molecular flexibility index (Phi) is 8.57. The number of carboxylic acids is 1.